The molecule has 3 aromatic rings. The topological polar surface area (TPSA) is 71.3 Å². The van der Waals surface area contributed by atoms with E-state index in [2.05, 4.69) is 15.5 Å². The van der Waals surface area contributed by atoms with E-state index in [1.807, 2.05) is 12.1 Å². The predicted octanol–water partition coefficient (Wildman–Crippen LogP) is 4.90. The Balaban J connectivity index is 1.52. The van der Waals surface area contributed by atoms with Crippen molar-refractivity contribution in [3.05, 3.63) is 65.3 Å². The highest BCUT2D eigenvalue weighted by molar-refractivity contribution is 6.30. The van der Waals surface area contributed by atoms with E-state index in [1.54, 1.807) is 29.2 Å². The smallest absolute Gasteiger partial charge is 0.322 e. The van der Waals surface area contributed by atoms with Crippen molar-refractivity contribution in [2.24, 2.45) is 0 Å². The van der Waals surface area contributed by atoms with E-state index in [4.69, 9.17) is 16.1 Å². The van der Waals surface area contributed by atoms with Crippen molar-refractivity contribution in [1.82, 2.24) is 15.0 Å². The molecule has 1 aromatic heterocycles. The third-order valence-electron chi connectivity index (χ3n) is 4.40. The fourth-order valence-corrected chi connectivity index (χ4v) is 3.33. The van der Waals surface area contributed by atoms with Crippen LogP contribution in [-0.4, -0.2) is 27.6 Å². The Kier molecular flexibility index (Phi) is 4.77. The molecule has 1 N–H and O–H groups in total. The normalized spacial score (nSPS) is 16.5. The Bertz CT molecular complexity index is 978. The molecule has 4 rings (SSSR count). The molecule has 2 heterocycles. The highest BCUT2D eigenvalue weighted by atomic mass is 35.5. The van der Waals surface area contributed by atoms with Crippen LogP contribution >= 0.6 is 11.6 Å². The monoisotopic (exact) mass is 386 g/mol. The zero-order valence-electron chi connectivity index (χ0n) is 14.2. The molecular weight excluding hydrogens is 371 g/mol. The van der Waals surface area contributed by atoms with Gasteiger partial charge in [0.05, 0.1) is 0 Å². The van der Waals surface area contributed by atoms with E-state index in [-0.39, 0.29) is 12.1 Å². The summed E-state index contributed by atoms with van der Waals surface area (Å²) in [5, 5.41) is 7.30. The number of rotatable bonds is 3. The second-order valence-corrected chi connectivity index (χ2v) is 6.69. The molecule has 0 aliphatic carbocycles. The maximum atomic E-state index is 13.3. The lowest BCUT2D eigenvalue weighted by Crippen LogP contribution is -2.34. The van der Waals surface area contributed by atoms with Gasteiger partial charge in [0.1, 0.15) is 11.9 Å². The number of benzene rings is 2. The zero-order chi connectivity index (χ0) is 18.8. The zero-order valence-corrected chi connectivity index (χ0v) is 15.0. The van der Waals surface area contributed by atoms with Crippen LogP contribution in [0.25, 0.3) is 11.4 Å². The first-order chi connectivity index (χ1) is 13.1. The number of aromatic nitrogens is 2. The molecule has 1 aliphatic rings. The fourth-order valence-electron chi connectivity index (χ4n) is 3.14. The van der Waals surface area contributed by atoms with Gasteiger partial charge in [0.25, 0.3) is 0 Å². The van der Waals surface area contributed by atoms with Crippen LogP contribution in [0.3, 0.4) is 0 Å². The maximum Gasteiger partial charge on any atom is 0.322 e. The van der Waals surface area contributed by atoms with Crippen LogP contribution in [0.15, 0.2) is 53.1 Å². The van der Waals surface area contributed by atoms with E-state index < -0.39 is 5.82 Å². The van der Waals surface area contributed by atoms with Crippen LogP contribution in [0.2, 0.25) is 5.02 Å². The van der Waals surface area contributed by atoms with E-state index in [0.29, 0.717) is 35.4 Å². The molecule has 1 aliphatic heterocycles. The van der Waals surface area contributed by atoms with Gasteiger partial charge in [-0.05, 0) is 43.2 Å². The van der Waals surface area contributed by atoms with Crippen molar-refractivity contribution in [3.63, 3.8) is 0 Å². The third-order valence-corrected chi connectivity index (χ3v) is 4.63. The maximum absolute atomic E-state index is 13.3. The van der Waals surface area contributed by atoms with Crippen LogP contribution in [0.1, 0.15) is 24.8 Å². The molecule has 1 atom stereocenters. The molecule has 0 radical (unpaired) electrons. The van der Waals surface area contributed by atoms with Crippen LogP contribution in [0.5, 0.6) is 0 Å². The number of carbonyl (C=O) groups excluding carboxylic acids is 1. The quantitative estimate of drug-likeness (QED) is 0.695. The Morgan fingerprint density at radius 3 is 2.93 bits per heavy atom. The number of anilines is 1. The van der Waals surface area contributed by atoms with Crippen molar-refractivity contribution in [2.45, 2.75) is 18.9 Å². The number of hydrogen-bond donors (Lipinski definition) is 1. The highest BCUT2D eigenvalue weighted by Crippen LogP contribution is 2.32. The van der Waals surface area contributed by atoms with Crippen LogP contribution in [-0.2, 0) is 0 Å². The molecule has 138 valence electrons. The van der Waals surface area contributed by atoms with Crippen molar-refractivity contribution in [1.29, 1.82) is 0 Å². The number of nitrogens with zero attached hydrogens (tertiary/aromatic N) is 3. The largest absolute Gasteiger partial charge is 0.337 e. The molecule has 27 heavy (non-hydrogen) atoms. The van der Waals surface area contributed by atoms with Gasteiger partial charge >= 0.3 is 6.03 Å². The highest BCUT2D eigenvalue weighted by Gasteiger charge is 2.34. The summed E-state index contributed by atoms with van der Waals surface area (Å²) >= 11 is 6.01. The number of nitrogens with one attached hydrogen (secondary N) is 1. The van der Waals surface area contributed by atoms with Gasteiger partial charge in [0, 0.05) is 22.8 Å². The number of likely N-dealkylation sites (tertiary alicyclic amines) is 1. The van der Waals surface area contributed by atoms with Gasteiger partial charge < -0.3 is 14.7 Å². The van der Waals surface area contributed by atoms with Crippen molar-refractivity contribution in [2.75, 3.05) is 11.9 Å². The summed E-state index contributed by atoms with van der Waals surface area (Å²) in [7, 11) is 0. The molecule has 0 saturated carbocycles. The summed E-state index contributed by atoms with van der Waals surface area (Å²) in [6.45, 7) is 0.556. The average Bonchev–Trinajstić information content (AvgIpc) is 3.31. The molecule has 0 bridgehead atoms. The van der Waals surface area contributed by atoms with E-state index in [0.717, 1.165) is 12.0 Å². The lowest BCUT2D eigenvalue weighted by Gasteiger charge is -2.22. The van der Waals surface area contributed by atoms with Gasteiger partial charge in [-0.1, -0.05) is 35.0 Å². The number of amides is 2. The molecule has 0 spiro atoms. The molecular formula is C19H16ClFN4O2. The van der Waals surface area contributed by atoms with Gasteiger partial charge in [0.2, 0.25) is 11.7 Å². The minimum Gasteiger partial charge on any atom is -0.337 e. The van der Waals surface area contributed by atoms with Crippen LogP contribution in [0.4, 0.5) is 14.9 Å². The summed E-state index contributed by atoms with van der Waals surface area (Å²) < 4.78 is 18.7. The number of hydrogen-bond acceptors (Lipinski definition) is 4. The fraction of sp³-hybridized carbons (Fsp3) is 0.211. The third kappa shape index (κ3) is 3.78. The Morgan fingerprint density at radius 2 is 2.11 bits per heavy atom. The lowest BCUT2D eigenvalue weighted by molar-refractivity contribution is 0.193. The van der Waals surface area contributed by atoms with Gasteiger partial charge in [0.15, 0.2) is 0 Å². The van der Waals surface area contributed by atoms with E-state index in [1.165, 1.54) is 12.1 Å². The molecule has 0 unspecified atom stereocenters. The van der Waals surface area contributed by atoms with Crippen LogP contribution in [0, 0.1) is 5.82 Å². The Hall–Kier alpha value is -2.93. The van der Waals surface area contributed by atoms with Gasteiger partial charge in [-0.25, -0.2) is 9.18 Å². The standard InChI is InChI=1S/C19H16ClFN4O2/c20-13-5-1-4-12(10-13)17-23-18(27-24-17)16-8-3-9-25(16)19(26)22-15-7-2-6-14(21)11-15/h1-2,4-7,10-11,16H,3,8-9H2,(H,22,26)/t16-/m1/s1. The van der Waals surface area contributed by atoms with Crippen LogP contribution < -0.4 is 5.32 Å². The molecule has 1 fully saturated rings. The van der Waals surface area contributed by atoms with Crippen molar-refractivity contribution in [3.8, 4) is 11.4 Å². The number of halogens is 2. The first-order valence-corrected chi connectivity index (χ1v) is 8.91. The average molecular weight is 387 g/mol. The molecule has 8 heteroatoms. The molecule has 6 nitrogen and oxygen atoms in total. The summed E-state index contributed by atoms with van der Waals surface area (Å²) in [6.07, 6.45) is 1.53. The Labute approximate surface area is 159 Å². The summed E-state index contributed by atoms with van der Waals surface area (Å²) in [5.41, 5.74) is 1.14. The predicted molar refractivity (Wildman–Crippen MR) is 98.8 cm³/mol. The SMILES string of the molecule is O=C(Nc1cccc(F)c1)N1CCC[C@@H]1c1nc(-c2cccc(Cl)c2)no1. The second-order valence-electron chi connectivity index (χ2n) is 6.26. The number of carbonyl (C=O) groups is 1. The van der Waals surface area contributed by atoms with Gasteiger partial charge in [-0.15, -0.1) is 0 Å². The first kappa shape index (κ1) is 17.5. The van der Waals surface area contributed by atoms with Gasteiger partial charge in [-0.2, -0.15) is 4.98 Å². The summed E-state index contributed by atoms with van der Waals surface area (Å²) in [4.78, 5) is 18.7. The van der Waals surface area contributed by atoms with Crippen molar-refractivity contribution >= 4 is 23.3 Å². The second kappa shape index (κ2) is 7.36. The minimum absolute atomic E-state index is 0.320. The first-order valence-electron chi connectivity index (χ1n) is 8.53. The molecule has 1 saturated heterocycles. The lowest BCUT2D eigenvalue weighted by atomic mass is 10.2. The summed E-state index contributed by atoms with van der Waals surface area (Å²) in [6, 6.07) is 12.3. The summed E-state index contributed by atoms with van der Waals surface area (Å²) in [5.74, 6) is 0.385. The Morgan fingerprint density at radius 1 is 1.26 bits per heavy atom. The molecule has 2 amide bonds. The molecule has 2 aromatic carbocycles. The number of urea groups is 1. The van der Waals surface area contributed by atoms with E-state index in [9.17, 15) is 9.18 Å². The van der Waals surface area contributed by atoms with Gasteiger partial charge in [-0.3, -0.25) is 0 Å². The minimum atomic E-state index is -0.408. The van der Waals surface area contributed by atoms with Crippen molar-refractivity contribution < 1.29 is 13.7 Å². The van der Waals surface area contributed by atoms with E-state index >= 15 is 0 Å².